The van der Waals surface area contributed by atoms with Crippen LogP contribution in [0.3, 0.4) is 0 Å². The summed E-state index contributed by atoms with van der Waals surface area (Å²) >= 11 is 0. The number of aromatic nitrogens is 2. The fraction of sp³-hybridized carbons (Fsp3) is 0.200. The number of amides is 1. The van der Waals surface area contributed by atoms with Crippen LogP contribution in [0.1, 0.15) is 28.7 Å². The number of benzene rings is 2. The van der Waals surface area contributed by atoms with E-state index in [1.165, 1.54) is 11.8 Å². The van der Waals surface area contributed by atoms with Crippen LogP contribution in [0.15, 0.2) is 53.1 Å². The van der Waals surface area contributed by atoms with Gasteiger partial charge in [-0.15, -0.1) is 0 Å². The standard InChI is InChI=1S/C20H19N3O4/c1-13-7-6-8-15(11-13)19-21-18(27-22-19)12-23(3)20(25)16-9-4-5-10-17(16)26-14(2)24/h4-11H,12H2,1-3H3. The fourth-order valence-electron chi connectivity index (χ4n) is 2.59. The molecule has 0 aliphatic rings. The number of para-hydroxylation sites is 1. The lowest BCUT2D eigenvalue weighted by atomic mass is 10.1. The SMILES string of the molecule is CC(=O)Oc1ccccc1C(=O)N(C)Cc1nc(-c2cccc(C)c2)no1. The number of carbonyl (C=O) groups is 2. The van der Waals surface area contributed by atoms with E-state index in [1.807, 2.05) is 31.2 Å². The average molecular weight is 365 g/mol. The van der Waals surface area contributed by atoms with Crippen molar-refractivity contribution in [3.63, 3.8) is 0 Å². The van der Waals surface area contributed by atoms with Crippen LogP contribution in [-0.2, 0) is 11.3 Å². The molecule has 0 N–H and O–H groups in total. The van der Waals surface area contributed by atoms with Crippen LogP contribution < -0.4 is 4.74 Å². The van der Waals surface area contributed by atoms with Crippen LogP contribution in [0.2, 0.25) is 0 Å². The maximum Gasteiger partial charge on any atom is 0.308 e. The minimum atomic E-state index is -0.488. The third-order valence-corrected chi connectivity index (χ3v) is 3.83. The summed E-state index contributed by atoms with van der Waals surface area (Å²) in [4.78, 5) is 29.7. The van der Waals surface area contributed by atoms with Crippen LogP contribution in [0.25, 0.3) is 11.4 Å². The first-order valence-corrected chi connectivity index (χ1v) is 8.36. The van der Waals surface area contributed by atoms with Gasteiger partial charge in [-0.1, -0.05) is 41.1 Å². The highest BCUT2D eigenvalue weighted by atomic mass is 16.5. The largest absolute Gasteiger partial charge is 0.426 e. The molecule has 0 saturated heterocycles. The molecule has 27 heavy (non-hydrogen) atoms. The van der Waals surface area contributed by atoms with Crippen molar-refractivity contribution in [3.05, 3.63) is 65.5 Å². The zero-order chi connectivity index (χ0) is 19.4. The van der Waals surface area contributed by atoms with E-state index in [0.29, 0.717) is 11.7 Å². The van der Waals surface area contributed by atoms with Crippen molar-refractivity contribution in [1.82, 2.24) is 15.0 Å². The molecule has 0 bridgehead atoms. The highest BCUT2D eigenvalue weighted by Gasteiger charge is 2.20. The highest BCUT2D eigenvalue weighted by molar-refractivity contribution is 5.97. The molecule has 0 spiro atoms. The maximum absolute atomic E-state index is 12.7. The molecule has 0 aliphatic carbocycles. The van der Waals surface area contributed by atoms with Gasteiger partial charge in [-0.05, 0) is 25.1 Å². The molecule has 1 heterocycles. The summed E-state index contributed by atoms with van der Waals surface area (Å²) < 4.78 is 10.4. The van der Waals surface area contributed by atoms with Gasteiger partial charge >= 0.3 is 5.97 Å². The number of aryl methyl sites for hydroxylation is 1. The lowest BCUT2D eigenvalue weighted by Gasteiger charge is -2.16. The molecule has 138 valence electrons. The number of hydrogen-bond donors (Lipinski definition) is 0. The molecule has 3 rings (SSSR count). The summed E-state index contributed by atoms with van der Waals surface area (Å²) in [5.41, 5.74) is 2.22. The van der Waals surface area contributed by atoms with Gasteiger partial charge in [0.25, 0.3) is 5.91 Å². The van der Waals surface area contributed by atoms with E-state index in [2.05, 4.69) is 10.1 Å². The van der Waals surface area contributed by atoms with E-state index in [9.17, 15) is 9.59 Å². The summed E-state index contributed by atoms with van der Waals surface area (Å²) in [6.07, 6.45) is 0. The molecule has 7 nitrogen and oxygen atoms in total. The van der Waals surface area contributed by atoms with Gasteiger partial charge < -0.3 is 14.2 Å². The van der Waals surface area contributed by atoms with Crippen LogP contribution in [-0.4, -0.2) is 34.0 Å². The van der Waals surface area contributed by atoms with Gasteiger partial charge in [0.15, 0.2) is 0 Å². The second-order valence-corrected chi connectivity index (χ2v) is 6.13. The molecule has 0 unspecified atom stereocenters. The quantitative estimate of drug-likeness (QED) is 0.510. The van der Waals surface area contributed by atoms with E-state index in [4.69, 9.17) is 9.26 Å². The predicted molar refractivity (Wildman–Crippen MR) is 98.0 cm³/mol. The molecule has 3 aromatic rings. The van der Waals surface area contributed by atoms with E-state index < -0.39 is 5.97 Å². The first-order chi connectivity index (χ1) is 12.9. The molecule has 2 aromatic carbocycles. The molecule has 0 aliphatic heterocycles. The molecule has 1 amide bonds. The lowest BCUT2D eigenvalue weighted by molar-refractivity contribution is -0.131. The molecule has 7 heteroatoms. The zero-order valence-corrected chi connectivity index (χ0v) is 15.3. The molecule has 1 aromatic heterocycles. The van der Waals surface area contributed by atoms with Crippen molar-refractivity contribution in [2.24, 2.45) is 0 Å². The smallest absolute Gasteiger partial charge is 0.308 e. The summed E-state index contributed by atoms with van der Waals surface area (Å²) in [6.45, 7) is 3.40. The second-order valence-electron chi connectivity index (χ2n) is 6.13. The Labute approximate surface area is 156 Å². The van der Waals surface area contributed by atoms with Gasteiger partial charge in [0.2, 0.25) is 11.7 Å². The van der Waals surface area contributed by atoms with Gasteiger partial charge in [0, 0.05) is 19.5 Å². The zero-order valence-electron chi connectivity index (χ0n) is 15.3. The maximum atomic E-state index is 12.7. The minimum absolute atomic E-state index is 0.131. The van der Waals surface area contributed by atoms with Gasteiger partial charge in [0.05, 0.1) is 5.56 Å². The van der Waals surface area contributed by atoms with Crippen LogP contribution in [0, 0.1) is 6.92 Å². The topological polar surface area (TPSA) is 85.5 Å². The number of ether oxygens (including phenoxy) is 1. The molecule has 0 fully saturated rings. The van der Waals surface area contributed by atoms with E-state index in [1.54, 1.807) is 31.3 Å². The fourth-order valence-corrected chi connectivity index (χ4v) is 2.59. The van der Waals surface area contributed by atoms with Gasteiger partial charge in [-0.3, -0.25) is 9.59 Å². The molecular weight excluding hydrogens is 346 g/mol. The Morgan fingerprint density at radius 2 is 1.93 bits per heavy atom. The molecule has 0 radical (unpaired) electrons. The summed E-state index contributed by atoms with van der Waals surface area (Å²) in [6, 6.07) is 14.3. The van der Waals surface area contributed by atoms with Gasteiger partial charge in [0.1, 0.15) is 12.3 Å². The summed E-state index contributed by atoms with van der Waals surface area (Å²) in [7, 11) is 1.61. The van der Waals surface area contributed by atoms with E-state index in [0.717, 1.165) is 11.1 Å². The first kappa shape index (κ1) is 18.3. The third kappa shape index (κ3) is 4.38. The predicted octanol–water partition coefficient (Wildman–Crippen LogP) is 3.24. The number of nitrogens with zero attached hydrogens (tertiary/aromatic N) is 3. The average Bonchev–Trinajstić information content (AvgIpc) is 3.09. The number of rotatable bonds is 5. The van der Waals surface area contributed by atoms with Crippen molar-refractivity contribution in [1.29, 1.82) is 0 Å². The Morgan fingerprint density at radius 1 is 1.15 bits per heavy atom. The van der Waals surface area contributed by atoms with E-state index in [-0.39, 0.29) is 23.8 Å². The number of hydrogen-bond acceptors (Lipinski definition) is 6. The molecular formula is C20H19N3O4. The third-order valence-electron chi connectivity index (χ3n) is 3.83. The first-order valence-electron chi connectivity index (χ1n) is 8.36. The van der Waals surface area contributed by atoms with Crippen molar-refractivity contribution in [2.45, 2.75) is 20.4 Å². The molecule has 0 atom stereocenters. The monoisotopic (exact) mass is 365 g/mol. The Hall–Kier alpha value is -3.48. The van der Waals surface area contributed by atoms with Crippen LogP contribution in [0.5, 0.6) is 5.75 Å². The molecule has 0 saturated carbocycles. The van der Waals surface area contributed by atoms with Crippen LogP contribution >= 0.6 is 0 Å². The Balaban J connectivity index is 1.75. The van der Waals surface area contributed by atoms with Crippen molar-refractivity contribution in [3.8, 4) is 17.1 Å². The minimum Gasteiger partial charge on any atom is -0.426 e. The van der Waals surface area contributed by atoms with Gasteiger partial charge in [-0.25, -0.2) is 0 Å². The van der Waals surface area contributed by atoms with Crippen molar-refractivity contribution < 1.29 is 18.8 Å². The van der Waals surface area contributed by atoms with Gasteiger partial charge in [-0.2, -0.15) is 4.98 Å². The lowest BCUT2D eigenvalue weighted by Crippen LogP contribution is -2.27. The van der Waals surface area contributed by atoms with Crippen molar-refractivity contribution in [2.75, 3.05) is 7.05 Å². The Bertz CT molecular complexity index is 981. The normalized spacial score (nSPS) is 10.5. The Kier molecular flexibility index (Phi) is 5.30. The Morgan fingerprint density at radius 3 is 2.67 bits per heavy atom. The summed E-state index contributed by atoms with van der Waals surface area (Å²) in [5.74, 6) is 0.190. The second kappa shape index (κ2) is 7.82. The van der Waals surface area contributed by atoms with Crippen molar-refractivity contribution >= 4 is 11.9 Å². The highest BCUT2D eigenvalue weighted by Crippen LogP contribution is 2.21. The van der Waals surface area contributed by atoms with Crippen LogP contribution in [0.4, 0.5) is 0 Å². The number of carbonyl (C=O) groups excluding carboxylic acids is 2. The summed E-state index contributed by atoms with van der Waals surface area (Å²) in [5, 5.41) is 3.98. The number of esters is 1. The van der Waals surface area contributed by atoms with E-state index >= 15 is 0 Å².